The molecule has 1 amide bonds. The molecule has 0 fully saturated rings. The van der Waals surface area contributed by atoms with E-state index >= 15 is 0 Å². The standard InChI is InChI=1S/C19H19ClFNO4/c1-12(19(24)22-14-8-9-17(25-2)15(20)11-14)26-18(23)10-7-13-5-3-4-6-16(13)21/h3-6,8-9,11-12H,7,10H2,1-2H3,(H,22,24)/t12-/m0/s1. The van der Waals surface area contributed by atoms with Crippen molar-refractivity contribution in [2.24, 2.45) is 0 Å². The molecule has 0 radical (unpaired) electrons. The molecule has 0 aliphatic heterocycles. The summed E-state index contributed by atoms with van der Waals surface area (Å²) >= 11 is 6.00. The van der Waals surface area contributed by atoms with Gasteiger partial charge in [-0.05, 0) is 43.2 Å². The molecule has 26 heavy (non-hydrogen) atoms. The van der Waals surface area contributed by atoms with Crippen LogP contribution in [0.2, 0.25) is 5.02 Å². The fraction of sp³-hybridized carbons (Fsp3) is 0.263. The number of hydrogen-bond donors (Lipinski definition) is 1. The molecule has 2 rings (SSSR count). The summed E-state index contributed by atoms with van der Waals surface area (Å²) in [6, 6.07) is 11.0. The third-order valence-corrected chi connectivity index (χ3v) is 3.95. The van der Waals surface area contributed by atoms with Crippen molar-refractivity contribution < 1.29 is 23.5 Å². The summed E-state index contributed by atoms with van der Waals surface area (Å²) in [5, 5.41) is 2.95. The Morgan fingerprint density at radius 3 is 2.62 bits per heavy atom. The van der Waals surface area contributed by atoms with E-state index in [0.29, 0.717) is 22.0 Å². The lowest BCUT2D eigenvalue weighted by atomic mass is 10.1. The molecule has 1 atom stereocenters. The number of benzene rings is 2. The summed E-state index contributed by atoms with van der Waals surface area (Å²) in [7, 11) is 1.49. The number of hydrogen-bond acceptors (Lipinski definition) is 4. The maximum Gasteiger partial charge on any atom is 0.306 e. The minimum absolute atomic E-state index is 0.0209. The Hall–Kier alpha value is -2.60. The predicted octanol–water partition coefficient (Wildman–Crippen LogP) is 3.99. The van der Waals surface area contributed by atoms with Gasteiger partial charge in [0.25, 0.3) is 5.91 Å². The molecule has 0 saturated heterocycles. The van der Waals surface area contributed by atoms with Crippen molar-refractivity contribution >= 4 is 29.2 Å². The fourth-order valence-corrected chi connectivity index (χ4v) is 2.49. The monoisotopic (exact) mass is 379 g/mol. The summed E-state index contributed by atoms with van der Waals surface area (Å²) < 4.78 is 23.6. The number of amides is 1. The smallest absolute Gasteiger partial charge is 0.306 e. The van der Waals surface area contributed by atoms with Crippen LogP contribution in [0.15, 0.2) is 42.5 Å². The van der Waals surface area contributed by atoms with Crippen LogP contribution in [0.25, 0.3) is 0 Å². The van der Waals surface area contributed by atoms with Crippen LogP contribution in [0, 0.1) is 5.82 Å². The average molecular weight is 380 g/mol. The second-order valence-electron chi connectivity index (χ2n) is 5.56. The quantitative estimate of drug-likeness (QED) is 0.739. The highest BCUT2D eigenvalue weighted by atomic mass is 35.5. The molecule has 0 aromatic heterocycles. The Morgan fingerprint density at radius 1 is 1.23 bits per heavy atom. The van der Waals surface area contributed by atoms with Crippen molar-refractivity contribution in [1.82, 2.24) is 0 Å². The third-order valence-electron chi connectivity index (χ3n) is 3.65. The first-order valence-electron chi connectivity index (χ1n) is 7.98. The predicted molar refractivity (Wildman–Crippen MR) is 96.9 cm³/mol. The van der Waals surface area contributed by atoms with Crippen LogP contribution >= 0.6 is 11.6 Å². The average Bonchev–Trinajstić information content (AvgIpc) is 2.61. The van der Waals surface area contributed by atoms with E-state index in [9.17, 15) is 14.0 Å². The number of methoxy groups -OCH3 is 1. The number of aryl methyl sites for hydroxylation is 1. The molecule has 0 unspecified atom stereocenters. The van der Waals surface area contributed by atoms with Gasteiger partial charge in [0.05, 0.1) is 12.1 Å². The first-order valence-corrected chi connectivity index (χ1v) is 8.35. The first-order chi connectivity index (χ1) is 12.4. The largest absolute Gasteiger partial charge is 0.495 e. The van der Waals surface area contributed by atoms with E-state index in [-0.39, 0.29) is 18.7 Å². The summed E-state index contributed by atoms with van der Waals surface area (Å²) in [6.07, 6.45) is -0.815. The molecule has 0 spiro atoms. The Labute approximate surface area is 156 Å². The van der Waals surface area contributed by atoms with E-state index in [1.54, 1.807) is 30.3 Å². The highest BCUT2D eigenvalue weighted by molar-refractivity contribution is 6.32. The summed E-state index contributed by atoms with van der Waals surface area (Å²) in [4.78, 5) is 24.0. The number of ether oxygens (including phenoxy) is 2. The van der Waals surface area contributed by atoms with E-state index in [2.05, 4.69) is 5.32 Å². The van der Waals surface area contributed by atoms with E-state index in [1.165, 1.54) is 26.2 Å². The van der Waals surface area contributed by atoms with E-state index in [4.69, 9.17) is 21.1 Å². The van der Waals surface area contributed by atoms with Gasteiger partial charge in [0, 0.05) is 12.1 Å². The van der Waals surface area contributed by atoms with Crippen molar-refractivity contribution in [1.29, 1.82) is 0 Å². The number of esters is 1. The molecule has 7 heteroatoms. The summed E-state index contributed by atoms with van der Waals surface area (Å²) in [6.45, 7) is 1.46. The van der Waals surface area contributed by atoms with Crippen LogP contribution in [0.5, 0.6) is 5.75 Å². The summed E-state index contributed by atoms with van der Waals surface area (Å²) in [5.74, 6) is -0.964. The highest BCUT2D eigenvalue weighted by Crippen LogP contribution is 2.27. The lowest BCUT2D eigenvalue weighted by molar-refractivity contribution is -0.153. The second kappa shape index (κ2) is 9.20. The van der Waals surface area contributed by atoms with Gasteiger partial charge in [-0.1, -0.05) is 29.8 Å². The van der Waals surface area contributed by atoms with Gasteiger partial charge in [0.2, 0.25) is 0 Å². The molecule has 5 nitrogen and oxygen atoms in total. The van der Waals surface area contributed by atoms with Crippen molar-refractivity contribution in [2.75, 3.05) is 12.4 Å². The second-order valence-corrected chi connectivity index (χ2v) is 5.97. The Morgan fingerprint density at radius 2 is 1.96 bits per heavy atom. The molecule has 1 N–H and O–H groups in total. The number of carbonyl (C=O) groups is 2. The zero-order chi connectivity index (χ0) is 19.1. The van der Waals surface area contributed by atoms with Crippen LogP contribution in [0.3, 0.4) is 0 Å². The van der Waals surface area contributed by atoms with Crippen LogP contribution in [0.1, 0.15) is 18.9 Å². The number of rotatable bonds is 7. The molecular weight excluding hydrogens is 361 g/mol. The van der Waals surface area contributed by atoms with Crippen LogP contribution < -0.4 is 10.1 Å². The Balaban J connectivity index is 1.85. The summed E-state index contributed by atoms with van der Waals surface area (Å²) in [5.41, 5.74) is 0.879. The van der Waals surface area contributed by atoms with Crippen LogP contribution in [-0.2, 0) is 20.7 Å². The third kappa shape index (κ3) is 5.46. The number of nitrogens with one attached hydrogen (secondary N) is 1. The fourth-order valence-electron chi connectivity index (χ4n) is 2.24. The lowest BCUT2D eigenvalue weighted by Gasteiger charge is -2.14. The van der Waals surface area contributed by atoms with Crippen molar-refractivity contribution in [2.45, 2.75) is 25.9 Å². The zero-order valence-electron chi connectivity index (χ0n) is 14.4. The van der Waals surface area contributed by atoms with E-state index in [0.717, 1.165) is 0 Å². The normalized spacial score (nSPS) is 11.5. The van der Waals surface area contributed by atoms with E-state index in [1.807, 2.05) is 0 Å². The minimum atomic E-state index is -0.996. The lowest BCUT2D eigenvalue weighted by Crippen LogP contribution is -2.30. The van der Waals surface area contributed by atoms with Gasteiger partial charge in [0.15, 0.2) is 6.10 Å². The minimum Gasteiger partial charge on any atom is -0.495 e. The Kier molecular flexibility index (Phi) is 6.97. The van der Waals surface area contributed by atoms with Crippen molar-refractivity contribution in [3.05, 3.63) is 58.9 Å². The Bertz CT molecular complexity index is 797. The van der Waals surface area contributed by atoms with Gasteiger partial charge in [-0.25, -0.2) is 4.39 Å². The molecule has 0 heterocycles. The van der Waals surface area contributed by atoms with Crippen molar-refractivity contribution in [3.63, 3.8) is 0 Å². The van der Waals surface area contributed by atoms with Gasteiger partial charge in [0.1, 0.15) is 11.6 Å². The number of carbonyl (C=O) groups excluding carboxylic acids is 2. The molecule has 2 aromatic rings. The molecular formula is C19H19ClFNO4. The van der Waals surface area contributed by atoms with Crippen molar-refractivity contribution in [3.8, 4) is 5.75 Å². The number of halogens is 2. The van der Waals surface area contributed by atoms with Gasteiger partial charge in [-0.2, -0.15) is 0 Å². The zero-order valence-corrected chi connectivity index (χ0v) is 15.2. The van der Waals surface area contributed by atoms with Gasteiger partial charge >= 0.3 is 5.97 Å². The molecule has 0 saturated carbocycles. The SMILES string of the molecule is COc1ccc(NC(=O)[C@H](C)OC(=O)CCc2ccccc2F)cc1Cl. The highest BCUT2D eigenvalue weighted by Gasteiger charge is 2.18. The topological polar surface area (TPSA) is 64.6 Å². The first kappa shape index (κ1) is 19.7. The maximum atomic E-state index is 13.5. The van der Waals surface area contributed by atoms with Gasteiger partial charge in [-0.3, -0.25) is 9.59 Å². The van der Waals surface area contributed by atoms with E-state index < -0.39 is 18.0 Å². The molecule has 0 bridgehead atoms. The number of anilines is 1. The van der Waals surface area contributed by atoms with Gasteiger partial charge < -0.3 is 14.8 Å². The van der Waals surface area contributed by atoms with Crippen LogP contribution in [-0.4, -0.2) is 25.1 Å². The molecule has 0 aliphatic rings. The van der Waals surface area contributed by atoms with Crippen LogP contribution in [0.4, 0.5) is 10.1 Å². The maximum absolute atomic E-state index is 13.5. The molecule has 138 valence electrons. The molecule has 0 aliphatic carbocycles. The molecule has 2 aromatic carbocycles. The van der Waals surface area contributed by atoms with Gasteiger partial charge in [-0.15, -0.1) is 0 Å².